The SMILES string of the molecule is c1ccc(Nc2ccc(-c3ccc4c(c3)C3(c5ccccc5-c5ccccc53)c3ccccc3-4)cc2)cc1. The molecule has 0 fully saturated rings. The summed E-state index contributed by atoms with van der Waals surface area (Å²) in [6, 6.07) is 53.0. The Kier molecular flexibility index (Phi) is 4.50. The maximum atomic E-state index is 3.50. The number of rotatable bonds is 3. The second kappa shape index (κ2) is 8.06. The largest absolute Gasteiger partial charge is 0.356 e. The molecule has 0 radical (unpaired) electrons. The number of benzene rings is 6. The molecule has 1 nitrogen and oxygen atoms in total. The van der Waals surface area contributed by atoms with Crippen molar-refractivity contribution in [2.75, 3.05) is 5.32 Å². The number of hydrogen-bond donors (Lipinski definition) is 1. The van der Waals surface area contributed by atoms with Crippen molar-refractivity contribution in [2.45, 2.75) is 5.41 Å². The third-order valence-corrected chi connectivity index (χ3v) is 8.28. The van der Waals surface area contributed by atoms with Gasteiger partial charge in [0.1, 0.15) is 0 Å². The summed E-state index contributed by atoms with van der Waals surface area (Å²) in [4.78, 5) is 0. The summed E-state index contributed by atoms with van der Waals surface area (Å²) in [5.41, 5.74) is 15.2. The lowest BCUT2D eigenvalue weighted by atomic mass is 9.70. The van der Waals surface area contributed by atoms with Crippen LogP contribution < -0.4 is 5.32 Å². The number of para-hydroxylation sites is 1. The molecule has 0 aromatic heterocycles. The molecule has 178 valence electrons. The molecule has 0 unspecified atom stereocenters. The zero-order chi connectivity index (χ0) is 25.1. The third kappa shape index (κ3) is 2.87. The lowest BCUT2D eigenvalue weighted by Gasteiger charge is -2.30. The van der Waals surface area contributed by atoms with Gasteiger partial charge >= 0.3 is 0 Å². The molecule has 38 heavy (non-hydrogen) atoms. The van der Waals surface area contributed by atoms with Crippen LogP contribution in [0.5, 0.6) is 0 Å². The number of anilines is 2. The van der Waals surface area contributed by atoms with Crippen molar-refractivity contribution in [3.63, 3.8) is 0 Å². The lowest BCUT2D eigenvalue weighted by molar-refractivity contribution is 0.794. The molecule has 0 aliphatic heterocycles. The van der Waals surface area contributed by atoms with Crippen molar-refractivity contribution < 1.29 is 0 Å². The van der Waals surface area contributed by atoms with Crippen LogP contribution in [-0.2, 0) is 5.41 Å². The van der Waals surface area contributed by atoms with Crippen LogP contribution in [0.2, 0.25) is 0 Å². The quantitative estimate of drug-likeness (QED) is 0.264. The van der Waals surface area contributed by atoms with Gasteiger partial charge in [-0.1, -0.05) is 115 Å². The summed E-state index contributed by atoms with van der Waals surface area (Å²) in [5.74, 6) is 0. The molecule has 0 amide bonds. The van der Waals surface area contributed by atoms with Gasteiger partial charge in [0.15, 0.2) is 0 Å². The summed E-state index contributed by atoms with van der Waals surface area (Å²) >= 11 is 0. The Hall–Kier alpha value is -4.88. The van der Waals surface area contributed by atoms with E-state index in [0.29, 0.717) is 0 Å². The Balaban J connectivity index is 1.31. The maximum absolute atomic E-state index is 3.50. The minimum Gasteiger partial charge on any atom is -0.356 e. The van der Waals surface area contributed by atoms with E-state index in [9.17, 15) is 0 Å². The molecule has 6 aromatic rings. The van der Waals surface area contributed by atoms with Gasteiger partial charge in [-0.15, -0.1) is 0 Å². The van der Waals surface area contributed by atoms with Crippen LogP contribution in [-0.4, -0.2) is 0 Å². The maximum Gasteiger partial charge on any atom is 0.0725 e. The second-order valence-corrected chi connectivity index (χ2v) is 10.2. The van der Waals surface area contributed by atoms with E-state index in [1.54, 1.807) is 0 Å². The van der Waals surface area contributed by atoms with E-state index in [4.69, 9.17) is 0 Å². The van der Waals surface area contributed by atoms with Gasteiger partial charge in [-0.3, -0.25) is 0 Å². The van der Waals surface area contributed by atoms with Gasteiger partial charge in [-0.05, 0) is 86.0 Å². The van der Waals surface area contributed by atoms with Gasteiger partial charge in [-0.2, -0.15) is 0 Å². The molecule has 1 N–H and O–H groups in total. The summed E-state index contributed by atoms with van der Waals surface area (Å²) < 4.78 is 0. The number of hydrogen-bond acceptors (Lipinski definition) is 1. The van der Waals surface area contributed by atoms with E-state index in [0.717, 1.165) is 11.4 Å². The highest BCUT2D eigenvalue weighted by atomic mass is 14.9. The summed E-state index contributed by atoms with van der Waals surface area (Å²) in [6.45, 7) is 0. The molecule has 1 spiro atoms. The van der Waals surface area contributed by atoms with Crippen LogP contribution in [0.4, 0.5) is 11.4 Å². The monoisotopic (exact) mass is 483 g/mol. The molecule has 8 rings (SSSR count). The molecule has 1 heteroatoms. The Morgan fingerprint density at radius 1 is 0.342 bits per heavy atom. The standard InChI is InChI=1S/C37H25N/c1-2-10-27(11-3-1)38-28-21-18-25(19-22-28)26-20-23-32-31-14-6-9-17-35(31)37(36(32)24-26)33-15-7-4-12-29(33)30-13-5-8-16-34(30)37/h1-24,38H. The van der Waals surface area contributed by atoms with Crippen LogP contribution in [0.1, 0.15) is 22.3 Å². The topological polar surface area (TPSA) is 12.0 Å². The first-order valence-electron chi connectivity index (χ1n) is 13.2. The molecule has 2 aliphatic rings. The molecule has 6 aromatic carbocycles. The van der Waals surface area contributed by atoms with E-state index in [1.165, 1.54) is 55.6 Å². The predicted octanol–water partition coefficient (Wildman–Crippen LogP) is 9.44. The van der Waals surface area contributed by atoms with E-state index in [-0.39, 0.29) is 5.41 Å². The van der Waals surface area contributed by atoms with Gasteiger partial charge in [-0.25, -0.2) is 0 Å². The van der Waals surface area contributed by atoms with Crippen molar-refractivity contribution in [3.8, 4) is 33.4 Å². The minimum atomic E-state index is -0.302. The minimum absolute atomic E-state index is 0.302. The van der Waals surface area contributed by atoms with Crippen molar-refractivity contribution >= 4 is 11.4 Å². The van der Waals surface area contributed by atoms with Crippen molar-refractivity contribution in [2.24, 2.45) is 0 Å². The summed E-state index contributed by atoms with van der Waals surface area (Å²) in [7, 11) is 0. The fourth-order valence-electron chi connectivity index (χ4n) is 6.71. The molecular formula is C37H25N. The molecule has 0 bridgehead atoms. The van der Waals surface area contributed by atoms with E-state index in [1.807, 2.05) is 6.07 Å². The molecule has 2 aliphatic carbocycles. The number of nitrogens with one attached hydrogen (secondary N) is 1. The van der Waals surface area contributed by atoms with Gasteiger partial charge in [0.2, 0.25) is 0 Å². The molecule has 0 heterocycles. The van der Waals surface area contributed by atoms with Crippen LogP contribution in [0.15, 0.2) is 146 Å². The average Bonchev–Trinajstić information content (AvgIpc) is 3.45. The summed E-state index contributed by atoms with van der Waals surface area (Å²) in [6.07, 6.45) is 0. The molecule has 0 saturated carbocycles. The third-order valence-electron chi connectivity index (χ3n) is 8.28. The zero-order valence-electron chi connectivity index (χ0n) is 20.9. The van der Waals surface area contributed by atoms with Crippen LogP contribution in [0.25, 0.3) is 33.4 Å². The smallest absolute Gasteiger partial charge is 0.0725 e. The van der Waals surface area contributed by atoms with Crippen molar-refractivity contribution in [3.05, 3.63) is 168 Å². The fraction of sp³-hybridized carbons (Fsp3) is 0.0270. The lowest BCUT2D eigenvalue weighted by Crippen LogP contribution is -2.25. The number of fused-ring (bicyclic) bond motifs is 10. The summed E-state index contributed by atoms with van der Waals surface area (Å²) in [5, 5.41) is 3.50. The Morgan fingerprint density at radius 2 is 0.789 bits per heavy atom. The zero-order valence-corrected chi connectivity index (χ0v) is 20.9. The van der Waals surface area contributed by atoms with Crippen LogP contribution >= 0.6 is 0 Å². The molecule has 0 atom stereocenters. The Labute approximate surface area is 223 Å². The Bertz CT molecular complexity index is 1770. The highest BCUT2D eigenvalue weighted by molar-refractivity contribution is 5.95. The van der Waals surface area contributed by atoms with E-state index < -0.39 is 0 Å². The fourth-order valence-corrected chi connectivity index (χ4v) is 6.71. The van der Waals surface area contributed by atoms with E-state index >= 15 is 0 Å². The van der Waals surface area contributed by atoms with Crippen molar-refractivity contribution in [1.82, 2.24) is 0 Å². The first-order valence-corrected chi connectivity index (χ1v) is 13.2. The van der Waals surface area contributed by atoms with Gasteiger partial charge < -0.3 is 5.32 Å². The first-order chi connectivity index (χ1) is 18.8. The van der Waals surface area contributed by atoms with Gasteiger partial charge in [0, 0.05) is 11.4 Å². The van der Waals surface area contributed by atoms with Crippen molar-refractivity contribution in [1.29, 1.82) is 0 Å². The van der Waals surface area contributed by atoms with Gasteiger partial charge in [0.25, 0.3) is 0 Å². The highest BCUT2D eigenvalue weighted by Gasteiger charge is 2.51. The molecule has 0 saturated heterocycles. The molecular weight excluding hydrogens is 458 g/mol. The average molecular weight is 484 g/mol. The Morgan fingerprint density at radius 3 is 1.37 bits per heavy atom. The van der Waals surface area contributed by atoms with Crippen LogP contribution in [0.3, 0.4) is 0 Å². The van der Waals surface area contributed by atoms with Crippen LogP contribution in [0, 0.1) is 0 Å². The van der Waals surface area contributed by atoms with E-state index in [2.05, 4.69) is 145 Å². The second-order valence-electron chi connectivity index (χ2n) is 10.2. The normalized spacial score (nSPS) is 13.5. The first kappa shape index (κ1) is 21.2. The van der Waals surface area contributed by atoms with Gasteiger partial charge in [0.05, 0.1) is 5.41 Å². The predicted molar refractivity (Wildman–Crippen MR) is 158 cm³/mol. The highest BCUT2D eigenvalue weighted by Crippen LogP contribution is 2.62.